The summed E-state index contributed by atoms with van der Waals surface area (Å²) in [5.41, 5.74) is 0. The predicted molar refractivity (Wildman–Crippen MR) is 62.9 cm³/mol. The molecule has 0 rings (SSSR count). The third kappa shape index (κ3) is 6.43. The number of esters is 1. The fraction of sp³-hybridized carbons (Fsp3) is 0.833. The smallest absolute Gasteiger partial charge is 0.328 e. The monoisotopic (exact) mass is 230 g/mol. The van der Waals surface area contributed by atoms with Crippen LogP contribution in [0.3, 0.4) is 0 Å². The highest BCUT2D eigenvalue weighted by atomic mass is 16.5. The zero-order valence-corrected chi connectivity index (χ0v) is 10.4. The van der Waals surface area contributed by atoms with E-state index in [9.17, 15) is 9.59 Å². The molecule has 0 heterocycles. The van der Waals surface area contributed by atoms with E-state index >= 15 is 0 Å². The minimum absolute atomic E-state index is 0.387. The van der Waals surface area contributed by atoms with E-state index in [2.05, 4.69) is 19.2 Å². The zero-order chi connectivity index (χ0) is 13.3. The van der Waals surface area contributed by atoms with Gasteiger partial charge in [-0.3, -0.25) is 4.79 Å². The topological polar surface area (TPSA) is 55.4 Å². The summed E-state index contributed by atoms with van der Waals surface area (Å²) >= 11 is 0. The summed E-state index contributed by atoms with van der Waals surface area (Å²) in [6, 6.07) is -0.747. The second-order valence-corrected chi connectivity index (χ2v) is 4.01. The van der Waals surface area contributed by atoms with Crippen LogP contribution in [0.15, 0.2) is 0 Å². The van der Waals surface area contributed by atoms with Crippen molar-refractivity contribution >= 4 is 12.4 Å². The van der Waals surface area contributed by atoms with E-state index in [0.29, 0.717) is 12.5 Å². The molecule has 0 aromatic carbocycles. The molecule has 16 heavy (non-hydrogen) atoms. The van der Waals surface area contributed by atoms with Crippen molar-refractivity contribution in [3.63, 3.8) is 0 Å². The molecule has 0 aliphatic rings. The molecule has 0 aliphatic carbocycles. The van der Waals surface area contributed by atoms with E-state index < -0.39 is 18.4 Å². The summed E-state index contributed by atoms with van der Waals surface area (Å²) < 4.78 is 11.8. The normalized spacial score (nSPS) is 14.8. The summed E-state index contributed by atoms with van der Waals surface area (Å²) in [5, 5.41) is 2.18. The van der Waals surface area contributed by atoms with E-state index in [0.717, 1.165) is 25.7 Å². The van der Waals surface area contributed by atoms with Crippen molar-refractivity contribution in [3.05, 3.63) is 0 Å². The maximum atomic E-state index is 11.5. The highest BCUT2D eigenvalue weighted by Gasteiger charge is 2.15. The largest absolute Gasteiger partial charge is 0.464 e. The molecule has 0 aliphatic heterocycles. The molecule has 94 valence electrons. The molecule has 0 saturated carbocycles. The fourth-order valence-corrected chi connectivity index (χ4v) is 1.37. The van der Waals surface area contributed by atoms with Crippen LogP contribution in [-0.4, -0.2) is 25.0 Å². The molecule has 0 bridgehead atoms. The van der Waals surface area contributed by atoms with Crippen molar-refractivity contribution in [1.29, 1.82) is 0 Å². The maximum absolute atomic E-state index is 11.5. The van der Waals surface area contributed by atoms with Gasteiger partial charge >= 0.3 is 5.97 Å². The summed E-state index contributed by atoms with van der Waals surface area (Å²) in [5.74, 6) is -0.0849. The van der Waals surface area contributed by atoms with Crippen LogP contribution in [0.2, 0.25) is 0 Å². The number of unbranched alkanes of at least 4 members (excludes halogenated alkanes) is 1. The highest BCUT2D eigenvalue weighted by molar-refractivity contribution is 5.77. The molecule has 0 aromatic rings. The van der Waals surface area contributed by atoms with E-state index in [1.165, 1.54) is 6.92 Å². The molecule has 1 amide bonds. The summed E-state index contributed by atoms with van der Waals surface area (Å²) in [6.07, 6.45) is 3.34. The summed E-state index contributed by atoms with van der Waals surface area (Å²) in [4.78, 5) is 21.9. The lowest BCUT2D eigenvalue weighted by Gasteiger charge is -2.16. The lowest BCUT2D eigenvalue weighted by Crippen LogP contribution is -2.35. The third-order valence-corrected chi connectivity index (χ3v) is 2.63. The Hall–Kier alpha value is -1.06. The number of rotatable bonds is 8. The van der Waals surface area contributed by atoms with Crippen LogP contribution in [-0.2, 0) is 14.3 Å². The third-order valence-electron chi connectivity index (χ3n) is 2.63. The molecule has 0 radical (unpaired) electrons. The quantitative estimate of drug-likeness (QED) is 0.511. The average Bonchev–Trinajstić information content (AvgIpc) is 2.28. The van der Waals surface area contributed by atoms with Gasteiger partial charge in [-0.1, -0.05) is 33.1 Å². The first-order valence-electron chi connectivity index (χ1n) is 6.44. The molecule has 4 heteroatoms. The second kappa shape index (κ2) is 9.19. The van der Waals surface area contributed by atoms with Crippen LogP contribution in [0.25, 0.3) is 0 Å². The van der Waals surface area contributed by atoms with Gasteiger partial charge in [-0.25, -0.2) is 4.79 Å². The standard InChI is InChI=1S/C12H23NO3/c1-4-6-7-11(5-2)8-16-12(15)10(3)13-9-14/h9-11H,4-8H2,1-3H3,(H,13,14)/t10-,11?/m0/s1/i9D. The van der Waals surface area contributed by atoms with Crippen molar-refractivity contribution in [2.45, 2.75) is 52.5 Å². The zero-order valence-electron chi connectivity index (χ0n) is 11.4. The number of carbonyl (C=O) groups is 2. The van der Waals surface area contributed by atoms with E-state index in [1.54, 1.807) is 0 Å². The first-order valence-corrected chi connectivity index (χ1v) is 5.94. The number of hydrogen-bond acceptors (Lipinski definition) is 3. The molecule has 1 N–H and O–H groups in total. The highest BCUT2D eigenvalue weighted by Crippen LogP contribution is 2.13. The van der Waals surface area contributed by atoms with Crippen molar-refractivity contribution in [2.75, 3.05) is 6.61 Å². The van der Waals surface area contributed by atoms with Crippen molar-refractivity contribution in [2.24, 2.45) is 5.92 Å². The number of hydrogen-bond donors (Lipinski definition) is 1. The molecule has 0 fully saturated rings. The molecule has 0 spiro atoms. The Balaban J connectivity index is 3.90. The second-order valence-electron chi connectivity index (χ2n) is 4.01. The van der Waals surface area contributed by atoms with Gasteiger partial charge in [0.05, 0.1) is 6.61 Å². The minimum atomic E-state index is -0.965. The fourth-order valence-electron chi connectivity index (χ4n) is 1.37. The summed E-state index contributed by atoms with van der Waals surface area (Å²) in [6.45, 7) is 6.11. The SMILES string of the molecule is [2H]C(=O)N[C@@H](C)C(=O)OCC(CC)CCCC. The van der Waals surface area contributed by atoms with Gasteiger partial charge in [0.2, 0.25) is 6.39 Å². The number of amides is 1. The number of nitrogens with one attached hydrogen (secondary N) is 1. The van der Waals surface area contributed by atoms with Gasteiger partial charge in [0, 0.05) is 0 Å². The van der Waals surface area contributed by atoms with E-state index in [-0.39, 0.29) is 0 Å². The van der Waals surface area contributed by atoms with Gasteiger partial charge in [0.25, 0.3) is 0 Å². The van der Waals surface area contributed by atoms with Crippen LogP contribution in [0.5, 0.6) is 0 Å². The van der Waals surface area contributed by atoms with Gasteiger partial charge in [-0.05, 0) is 19.3 Å². The Morgan fingerprint density at radius 2 is 2.25 bits per heavy atom. The first kappa shape index (κ1) is 13.0. The molecule has 0 aromatic heterocycles. The molecular formula is C12H23NO3. The Labute approximate surface area is 99.1 Å². The first-order chi connectivity index (χ1) is 8.01. The van der Waals surface area contributed by atoms with Crippen LogP contribution in [0, 0.1) is 5.92 Å². The van der Waals surface area contributed by atoms with Crippen LogP contribution in [0.4, 0.5) is 0 Å². The molecule has 1 unspecified atom stereocenters. The Morgan fingerprint density at radius 1 is 1.56 bits per heavy atom. The lowest BCUT2D eigenvalue weighted by molar-refractivity contribution is -0.147. The molecule has 2 atom stereocenters. The van der Waals surface area contributed by atoms with Crippen LogP contribution < -0.4 is 5.32 Å². The minimum Gasteiger partial charge on any atom is -0.464 e. The van der Waals surface area contributed by atoms with E-state index in [4.69, 9.17) is 6.11 Å². The van der Waals surface area contributed by atoms with Gasteiger partial charge in [0.15, 0.2) is 0 Å². The van der Waals surface area contributed by atoms with Gasteiger partial charge in [-0.2, -0.15) is 0 Å². The van der Waals surface area contributed by atoms with E-state index in [1.807, 2.05) is 0 Å². The molecule has 0 saturated heterocycles. The average molecular weight is 230 g/mol. The number of ether oxygens (including phenoxy) is 1. The molecule has 4 nitrogen and oxygen atoms in total. The van der Waals surface area contributed by atoms with Crippen molar-refractivity contribution < 1.29 is 15.7 Å². The summed E-state index contributed by atoms with van der Waals surface area (Å²) in [7, 11) is 0. The Kier molecular flexibility index (Phi) is 7.47. The van der Waals surface area contributed by atoms with Crippen molar-refractivity contribution in [1.82, 2.24) is 5.32 Å². The van der Waals surface area contributed by atoms with Gasteiger partial charge in [0.1, 0.15) is 7.41 Å². The Morgan fingerprint density at radius 3 is 2.75 bits per heavy atom. The lowest BCUT2D eigenvalue weighted by atomic mass is 10.0. The van der Waals surface area contributed by atoms with Crippen LogP contribution >= 0.6 is 0 Å². The van der Waals surface area contributed by atoms with Gasteiger partial charge < -0.3 is 10.1 Å². The maximum Gasteiger partial charge on any atom is 0.328 e. The van der Waals surface area contributed by atoms with Crippen LogP contribution in [0.1, 0.15) is 47.8 Å². The molecular weight excluding hydrogens is 206 g/mol. The number of carbonyl (C=O) groups excluding carboxylic acids is 2. The Bertz CT molecular complexity index is 246. The van der Waals surface area contributed by atoms with Gasteiger partial charge in [-0.15, -0.1) is 0 Å². The predicted octanol–water partition coefficient (Wildman–Crippen LogP) is 1.88. The van der Waals surface area contributed by atoms with Crippen molar-refractivity contribution in [3.8, 4) is 0 Å².